The first-order valence-corrected chi connectivity index (χ1v) is 11.1. The van der Waals surface area contributed by atoms with E-state index in [-0.39, 0.29) is 17.1 Å². The topological polar surface area (TPSA) is 101 Å². The summed E-state index contributed by atoms with van der Waals surface area (Å²) in [5.41, 5.74) is 2.12. The van der Waals surface area contributed by atoms with E-state index in [0.29, 0.717) is 0 Å². The Bertz CT molecular complexity index is 1230. The standard InChI is InChI=1S/C21H21F2N3O4S/c1-11-6-5-7-15(12(11)2)21-25-18(10-30-21)20(27)24-13(3)14-8-16(22)19(17(23)9-14)26-31(4,28)29/h5-10,13,26H,1-4H3,(H,24,27). The fraction of sp³-hybridized carbons (Fsp3) is 0.238. The molecule has 0 bridgehead atoms. The molecule has 0 saturated carbocycles. The van der Waals surface area contributed by atoms with Crippen molar-refractivity contribution in [2.75, 3.05) is 11.0 Å². The first kappa shape index (κ1) is 22.4. The maximum atomic E-state index is 14.2. The quantitative estimate of drug-likeness (QED) is 0.590. The average molecular weight is 449 g/mol. The molecule has 1 amide bonds. The molecule has 1 unspecified atom stereocenters. The Kier molecular flexibility index (Phi) is 6.12. The normalized spacial score (nSPS) is 12.5. The first-order valence-electron chi connectivity index (χ1n) is 9.26. The number of nitrogens with one attached hydrogen (secondary N) is 2. The summed E-state index contributed by atoms with van der Waals surface area (Å²) in [6.45, 7) is 5.40. The maximum absolute atomic E-state index is 14.2. The summed E-state index contributed by atoms with van der Waals surface area (Å²) >= 11 is 0. The lowest BCUT2D eigenvalue weighted by Crippen LogP contribution is -2.27. The number of halogens is 2. The highest BCUT2D eigenvalue weighted by Gasteiger charge is 2.21. The van der Waals surface area contributed by atoms with Crippen LogP contribution < -0.4 is 10.0 Å². The van der Waals surface area contributed by atoms with Gasteiger partial charge < -0.3 is 9.73 Å². The molecule has 0 aliphatic rings. The number of carbonyl (C=O) groups is 1. The Balaban J connectivity index is 1.78. The average Bonchev–Trinajstić information content (AvgIpc) is 3.16. The van der Waals surface area contributed by atoms with Crippen LogP contribution in [0.3, 0.4) is 0 Å². The molecule has 10 heteroatoms. The van der Waals surface area contributed by atoms with E-state index in [1.54, 1.807) is 4.72 Å². The number of benzene rings is 2. The number of aromatic nitrogens is 1. The molecule has 2 N–H and O–H groups in total. The monoisotopic (exact) mass is 449 g/mol. The minimum atomic E-state index is -3.86. The number of nitrogens with zero attached hydrogens (tertiary/aromatic N) is 1. The number of hydrogen-bond acceptors (Lipinski definition) is 5. The van der Waals surface area contributed by atoms with E-state index in [0.717, 1.165) is 35.1 Å². The summed E-state index contributed by atoms with van der Waals surface area (Å²) < 4.78 is 58.2. The van der Waals surface area contributed by atoms with Crippen molar-refractivity contribution >= 4 is 21.6 Å². The highest BCUT2D eigenvalue weighted by atomic mass is 32.2. The molecule has 164 valence electrons. The Hall–Kier alpha value is -3.27. The fourth-order valence-electron chi connectivity index (χ4n) is 2.96. The Morgan fingerprint density at radius 2 is 1.81 bits per heavy atom. The van der Waals surface area contributed by atoms with Gasteiger partial charge in [0.2, 0.25) is 15.9 Å². The number of sulfonamides is 1. The van der Waals surface area contributed by atoms with Crippen molar-refractivity contribution in [2.45, 2.75) is 26.8 Å². The van der Waals surface area contributed by atoms with E-state index in [1.807, 2.05) is 32.0 Å². The van der Waals surface area contributed by atoms with Gasteiger partial charge in [-0.15, -0.1) is 0 Å². The van der Waals surface area contributed by atoms with Gasteiger partial charge in [0.25, 0.3) is 5.91 Å². The molecule has 0 radical (unpaired) electrons. The molecule has 3 aromatic rings. The minimum Gasteiger partial charge on any atom is -0.444 e. The van der Waals surface area contributed by atoms with E-state index in [1.165, 1.54) is 13.2 Å². The van der Waals surface area contributed by atoms with Gasteiger partial charge in [-0.3, -0.25) is 9.52 Å². The molecule has 0 spiro atoms. The fourth-order valence-corrected chi connectivity index (χ4v) is 3.53. The molecule has 31 heavy (non-hydrogen) atoms. The van der Waals surface area contributed by atoms with E-state index in [2.05, 4.69) is 10.3 Å². The van der Waals surface area contributed by atoms with Crippen LogP contribution in [0.2, 0.25) is 0 Å². The summed E-state index contributed by atoms with van der Waals surface area (Å²) in [6, 6.07) is 6.75. The van der Waals surface area contributed by atoms with Gasteiger partial charge in [-0.1, -0.05) is 12.1 Å². The van der Waals surface area contributed by atoms with Crippen molar-refractivity contribution in [3.8, 4) is 11.5 Å². The second kappa shape index (κ2) is 8.46. The first-order chi connectivity index (χ1) is 14.5. The highest BCUT2D eigenvalue weighted by Crippen LogP contribution is 2.27. The molecule has 3 rings (SSSR count). The summed E-state index contributed by atoms with van der Waals surface area (Å²) in [6.07, 6.45) is 1.99. The molecule has 1 atom stereocenters. The number of amides is 1. The molecule has 1 heterocycles. The molecular formula is C21H21F2N3O4S. The third-order valence-corrected chi connectivity index (χ3v) is 5.35. The zero-order valence-corrected chi connectivity index (χ0v) is 18.1. The Morgan fingerprint density at radius 1 is 1.16 bits per heavy atom. The van der Waals surface area contributed by atoms with Crippen molar-refractivity contribution < 1.29 is 26.4 Å². The lowest BCUT2D eigenvalue weighted by molar-refractivity contribution is 0.0934. The van der Waals surface area contributed by atoms with Crippen LogP contribution in [0, 0.1) is 25.5 Å². The predicted molar refractivity (Wildman–Crippen MR) is 112 cm³/mol. The van der Waals surface area contributed by atoms with Crippen molar-refractivity contribution in [1.29, 1.82) is 0 Å². The Morgan fingerprint density at radius 3 is 2.42 bits per heavy atom. The molecule has 0 saturated heterocycles. The van der Waals surface area contributed by atoms with Crippen molar-refractivity contribution in [2.24, 2.45) is 0 Å². The van der Waals surface area contributed by atoms with Gasteiger partial charge in [0.1, 0.15) is 12.0 Å². The SMILES string of the molecule is Cc1cccc(-c2nc(C(=O)NC(C)c3cc(F)c(NS(C)(=O)=O)c(F)c3)co2)c1C. The lowest BCUT2D eigenvalue weighted by atomic mass is 10.0. The molecule has 1 aromatic heterocycles. The summed E-state index contributed by atoms with van der Waals surface area (Å²) in [5.74, 6) is -2.50. The number of rotatable bonds is 6. The second-order valence-corrected chi connectivity index (χ2v) is 8.96. The third-order valence-electron chi connectivity index (χ3n) is 4.77. The molecule has 0 aliphatic heterocycles. The number of oxazole rings is 1. The van der Waals surface area contributed by atoms with E-state index >= 15 is 0 Å². The smallest absolute Gasteiger partial charge is 0.273 e. The van der Waals surface area contributed by atoms with Gasteiger partial charge in [-0.25, -0.2) is 22.2 Å². The largest absolute Gasteiger partial charge is 0.444 e. The maximum Gasteiger partial charge on any atom is 0.273 e. The molecule has 7 nitrogen and oxygen atoms in total. The van der Waals surface area contributed by atoms with Crippen LogP contribution in [0.5, 0.6) is 0 Å². The van der Waals surface area contributed by atoms with Crippen LogP contribution in [-0.4, -0.2) is 25.6 Å². The van der Waals surface area contributed by atoms with Crippen LogP contribution in [-0.2, 0) is 10.0 Å². The second-order valence-electron chi connectivity index (χ2n) is 7.21. The van der Waals surface area contributed by atoms with Crippen LogP contribution in [0.25, 0.3) is 11.5 Å². The van der Waals surface area contributed by atoms with Gasteiger partial charge in [-0.05, 0) is 55.7 Å². The van der Waals surface area contributed by atoms with Crippen molar-refractivity contribution in [3.63, 3.8) is 0 Å². The van der Waals surface area contributed by atoms with Crippen molar-refractivity contribution in [3.05, 3.63) is 70.6 Å². The van der Waals surface area contributed by atoms with Gasteiger partial charge in [0, 0.05) is 5.56 Å². The Labute approximate surface area is 178 Å². The molecular weight excluding hydrogens is 428 g/mol. The summed E-state index contributed by atoms with van der Waals surface area (Å²) in [5, 5.41) is 2.59. The van der Waals surface area contributed by atoms with Gasteiger partial charge in [0.05, 0.1) is 12.3 Å². The molecule has 2 aromatic carbocycles. The third kappa shape index (κ3) is 5.08. The molecule has 0 fully saturated rings. The highest BCUT2D eigenvalue weighted by molar-refractivity contribution is 7.92. The zero-order chi connectivity index (χ0) is 22.9. The molecule has 0 aliphatic carbocycles. The summed E-state index contributed by atoms with van der Waals surface area (Å²) in [4.78, 5) is 16.8. The number of carbonyl (C=O) groups excluding carboxylic acids is 1. The number of anilines is 1. The lowest BCUT2D eigenvalue weighted by Gasteiger charge is -2.15. The van der Waals surface area contributed by atoms with Crippen LogP contribution in [0.1, 0.15) is 40.1 Å². The number of hydrogen-bond donors (Lipinski definition) is 2. The minimum absolute atomic E-state index is 0.0130. The summed E-state index contributed by atoms with van der Waals surface area (Å²) in [7, 11) is -3.86. The van der Waals surface area contributed by atoms with Gasteiger partial charge in [0.15, 0.2) is 17.3 Å². The van der Waals surface area contributed by atoms with Crippen LogP contribution >= 0.6 is 0 Å². The van der Waals surface area contributed by atoms with Gasteiger partial charge >= 0.3 is 0 Å². The van der Waals surface area contributed by atoms with E-state index in [9.17, 15) is 22.0 Å². The van der Waals surface area contributed by atoms with Crippen LogP contribution in [0.15, 0.2) is 41.0 Å². The van der Waals surface area contributed by atoms with Crippen molar-refractivity contribution in [1.82, 2.24) is 10.3 Å². The predicted octanol–water partition coefficient (Wildman–Crippen LogP) is 4.10. The van der Waals surface area contributed by atoms with E-state index in [4.69, 9.17) is 4.42 Å². The number of aryl methyl sites for hydroxylation is 1. The van der Waals surface area contributed by atoms with E-state index < -0.39 is 39.3 Å². The van der Waals surface area contributed by atoms with Gasteiger partial charge in [-0.2, -0.15) is 0 Å². The van der Waals surface area contributed by atoms with Crippen LogP contribution in [0.4, 0.5) is 14.5 Å². The zero-order valence-electron chi connectivity index (χ0n) is 17.3.